The molecule has 1 aliphatic heterocycles. The third-order valence-electron chi connectivity index (χ3n) is 2.57. The monoisotopic (exact) mass is 239 g/mol. The molecule has 1 saturated heterocycles. The fraction of sp³-hybridized carbons (Fsp3) is 0.545. The van der Waals surface area contributed by atoms with Crippen molar-refractivity contribution in [2.75, 3.05) is 24.6 Å². The van der Waals surface area contributed by atoms with Crippen molar-refractivity contribution in [1.29, 1.82) is 0 Å². The van der Waals surface area contributed by atoms with E-state index in [-0.39, 0.29) is 11.9 Å². The molecule has 2 heterocycles. The molecule has 16 heavy (non-hydrogen) atoms. The maximum Gasteiger partial charge on any atom is 0.238 e. The van der Waals surface area contributed by atoms with Crippen LogP contribution in [-0.4, -0.2) is 41.1 Å². The Hall–Kier alpha value is -0.940. The number of hydrogen-bond acceptors (Lipinski definition) is 3. The Bertz CT molecular complexity index is 320. The Kier molecular flexibility index (Phi) is 4.30. The van der Waals surface area contributed by atoms with Crippen molar-refractivity contribution in [2.24, 2.45) is 0 Å². The lowest BCUT2D eigenvalue weighted by atomic mass is 10.3. The summed E-state index contributed by atoms with van der Waals surface area (Å²) in [6, 6.07) is 3.96. The highest BCUT2D eigenvalue weighted by molar-refractivity contribution is 7.99. The minimum atomic E-state index is -0.0107. The summed E-state index contributed by atoms with van der Waals surface area (Å²) in [5.74, 6) is 2.11. The Labute approximate surface area is 99.8 Å². The van der Waals surface area contributed by atoms with Gasteiger partial charge >= 0.3 is 0 Å². The lowest BCUT2D eigenvalue weighted by Gasteiger charge is -2.22. The van der Waals surface area contributed by atoms with Crippen LogP contribution in [0.25, 0.3) is 0 Å². The van der Waals surface area contributed by atoms with Crippen molar-refractivity contribution in [3.05, 3.63) is 24.5 Å². The molecule has 88 valence electrons. The predicted octanol–water partition coefficient (Wildman–Crippen LogP) is 0.309. The summed E-state index contributed by atoms with van der Waals surface area (Å²) in [7, 11) is 0. The molecule has 1 aromatic rings. The van der Waals surface area contributed by atoms with E-state index >= 15 is 0 Å². The third-order valence-corrected chi connectivity index (χ3v) is 3.64. The van der Waals surface area contributed by atoms with E-state index in [1.807, 2.05) is 36.3 Å². The Morgan fingerprint density at radius 2 is 2.31 bits per heavy atom. The SMILES string of the molecule is O=C(NCCn1cccc1)C1CSCCN1. The van der Waals surface area contributed by atoms with Gasteiger partial charge in [-0.3, -0.25) is 4.79 Å². The van der Waals surface area contributed by atoms with E-state index in [9.17, 15) is 4.79 Å². The highest BCUT2D eigenvalue weighted by atomic mass is 32.2. The van der Waals surface area contributed by atoms with Crippen molar-refractivity contribution in [3.63, 3.8) is 0 Å². The lowest BCUT2D eigenvalue weighted by Crippen LogP contribution is -2.49. The van der Waals surface area contributed by atoms with Crippen molar-refractivity contribution in [2.45, 2.75) is 12.6 Å². The maximum absolute atomic E-state index is 11.7. The van der Waals surface area contributed by atoms with Crippen molar-refractivity contribution < 1.29 is 4.79 Å². The first-order valence-electron chi connectivity index (χ1n) is 5.56. The first kappa shape index (κ1) is 11.5. The van der Waals surface area contributed by atoms with Gasteiger partial charge < -0.3 is 15.2 Å². The molecular weight excluding hydrogens is 222 g/mol. The predicted molar refractivity (Wildman–Crippen MR) is 66.6 cm³/mol. The van der Waals surface area contributed by atoms with Gasteiger partial charge in [-0.05, 0) is 12.1 Å². The average molecular weight is 239 g/mol. The summed E-state index contributed by atoms with van der Waals surface area (Å²) >= 11 is 1.83. The Morgan fingerprint density at radius 1 is 1.50 bits per heavy atom. The van der Waals surface area contributed by atoms with E-state index in [0.29, 0.717) is 6.54 Å². The van der Waals surface area contributed by atoms with E-state index in [1.54, 1.807) is 0 Å². The van der Waals surface area contributed by atoms with Gasteiger partial charge in [0.1, 0.15) is 0 Å². The standard InChI is InChI=1S/C11H17N3OS/c15-11(10-9-16-8-4-12-10)13-3-7-14-5-1-2-6-14/h1-2,5-6,10,12H,3-4,7-9H2,(H,13,15). The van der Waals surface area contributed by atoms with Gasteiger partial charge in [-0.15, -0.1) is 0 Å². The molecule has 0 spiro atoms. The van der Waals surface area contributed by atoms with Crippen LogP contribution < -0.4 is 10.6 Å². The molecule has 2 N–H and O–H groups in total. The van der Waals surface area contributed by atoms with Gasteiger partial charge in [-0.1, -0.05) is 0 Å². The third kappa shape index (κ3) is 3.28. The van der Waals surface area contributed by atoms with Crippen LogP contribution in [0.4, 0.5) is 0 Å². The van der Waals surface area contributed by atoms with Crippen LogP contribution in [0.1, 0.15) is 0 Å². The van der Waals surface area contributed by atoms with Crippen LogP contribution >= 0.6 is 11.8 Å². The van der Waals surface area contributed by atoms with Gasteiger partial charge in [0.25, 0.3) is 0 Å². The minimum Gasteiger partial charge on any atom is -0.353 e. The highest BCUT2D eigenvalue weighted by Gasteiger charge is 2.19. The smallest absolute Gasteiger partial charge is 0.238 e. The van der Waals surface area contributed by atoms with Crippen LogP contribution in [0.2, 0.25) is 0 Å². The molecular formula is C11H17N3OS. The second kappa shape index (κ2) is 5.96. The number of rotatable bonds is 4. The van der Waals surface area contributed by atoms with Gasteiger partial charge in [0.05, 0.1) is 6.04 Å². The summed E-state index contributed by atoms with van der Waals surface area (Å²) in [4.78, 5) is 11.7. The second-order valence-corrected chi connectivity index (χ2v) is 4.94. The summed E-state index contributed by atoms with van der Waals surface area (Å²) in [6.45, 7) is 2.45. The van der Waals surface area contributed by atoms with Crippen LogP contribution in [0.15, 0.2) is 24.5 Å². The number of amides is 1. The quantitative estimate of drug-likeness (QED) is 0.795. The average Bonchev–Trinajstić information content (AvgIpc) is 2.83. The number of carbonyl (C=O) groups excluding carboxylic acids is 1. The summed E-state index contributed by atoms with van der Waals surface area (Å²) in [5, 5.41) is 6.18. The van der Waals surface area contributed by atoms with Crippen molar-refractivity contribution in [3.8, 4) is 0 Å². The number of carbonyl (C=O) groups is 1. The summed E-state index contributed by atoms with van der Waals surface area (Å²) in [5.41, 5.74) is 0. The van der Waals surface area contributed by atoms with E-state index < -0.39 is 0 Å². The zero-order valence-corrected chi connectivity index (χ0v) is 10.0. The highest BCUT2D eigenvalue weighted by Crippen LogP contribution is 2.07. The molecule has 0 aromatic carbocycles. The Morgan fingerprint density at radius 3 is 3.00 bits per heavy atom. The topological polar surface area (TPSA) is 46.1 Å². The molecule has 1 aliphatic rings. The molecule has 1 amide bonds. The van der Waals surface area contributed by atoms with E-state index in [2.05, 4.69) is 15.2 Å². The molecule has 4 nitrogen and oxygen atoms in total. The fourth-order valence-corrected chi connectivity index (χ4v) is 2.62. The zero-order valence-electron chi connectivity index (χ0n) is 9.19. The zero-order chi connectivity index (χ0) is 11.2. The molecule has 1 aromatic heterocycles. The molecule has 0 aliphatic carbocycles. The fourth-order valence-electron chi connectivity index (χ4n) is 1.68. The van der Waals surface area contributed by atoms with E-state index in [1.165, 1.54) is 0 Å². The van der Waals surface area contributed by atoms with Crippen molar-refractivity contribution in [1.82, 2.24) is 15.2 Å². The van der Waals surface area contributed by atoms with Crippen LogP contribution in [0, 0.1) is 0 Å². The second-order valence-electron chi connectivity index (χ2n) is 3.79. The molecule has 0 bridgehead atoms. The number of nitrogens with one attached hydrogen (secondary N) is 2. The van der Waals surface area contributed by atoms with Crippen molar-refractivity contribution >= 4 is 17.7 Å². The van der Waals surface area contributed by atoms with Gasteiger partial charge in [0.2, 0.25) is 5.91 Å². The minimum absolute atomic E-state index is 0.0107. The molecule has 0 saturated carbocycles. The first-order chi connectivity index (χ1) is 7.86. The number of hydrogen-bond donors (Lipinski definition) is 2. The van der Waals surface area contributed by atoms with E-state index in [4.69, 9.17) is 0 Å². The summed E-state index contributed by atoms with van der Waals surface area (Å²) in [6.07, 6.45) is 4.00. The van der Waals surface area contributed by atoms with E-state index in [0.717, 1.165) is 24.6 Å². The van der Waals surface area contributed by atoms with Gasteiger partial charge in [0, 0.05) is 43.5 Å². The largest absolute Gasteiger partial charge is 0.353 e. The Balaban J connectivity index is 1.67. The first-order valence-corrected chi connectivity index (χ1v) is 6.71. The molecule has 5 heteroatoms. The molecule has 2 rings (SSSR count). The lowest BCUT2D eigenvalue weighted by molar-refractivity contribution is -0.122. The summed E-state index contributed by atoms with van der Waals surface area (Å²) < 4.78 is 2.06. The van der Waals surface area contributed by atoms with Crippen LogP contribution in [0.3, 0.4) is 0 Å². The molecule has 1 unspecified atom stereocenters. The molecule has 1 atom stereocenters. The maximum atomic E-state index is 11.7. The normalized spacial score (nSPS) is 20.6. The number of aromatic nitrogens is 1. The number of nitrogens with zero attached hydrogens (tertiary/aromatic N) is 1. The van der Waals surface area contributed by atoms with Gasteiger partial charge in [0.15, 0.2) is 0 Å². The van der Waals surface area contributed by atoms with Gasteiger partial charge in [-0.2, -0.15) is 11.8 Å². The van der Waals surface area contributed by atoms with Crippen LogP contribution in [0.5, 0.6) is 0 Å². The molecule has 0 radical (unpaired) electrons. The molecule has 1 fully saturated rings. The van der Waals surface area contributed by atoms with Gasteiger partial charge in [-0.25, -0.2) is 0 Å². The number of thioether (sulfide) groups is 1. The van der Waals surface area contributed by atoms with Crippen LogP contribution in [-0.2, 0) is 11.3 Å².